The lowest BCUT2D eigenvalue weighted by Gasteiger charge is -2.37. The first-order chi connectivity index (χ1) is 11.7. The summed E-state index contributed by atoms with van der Waals surface area (Å²) in [6.45, 7) is 7.46. The van der Waals surface area contributed by atoms with Crippen LogP contribution in [0.3, 0.4) is 0 Å². The topological polar surface area (TPSA) is 72.3 Å². The number of anilines is 2. The molecule has 0 atom stereocenters. The first-order valence-corrected chi connectivity index (χ1v) is 8.53. The van der Waals surface area contributed by atoms with E-state index in [1.807, 2.05) is 50.6 Å². The minimum absolute atomic E-state index is 0.125. The number of fused-ring (bicyclic) bond motifs is 4. The molecule has 25 heavy (non-hydrogen) atoms. The summed E-state index contributed by atoms with van der Waals surface area (Å²) in [5.41, 5.74) is 1.92. The number of nitrogens with zero attached hydrogens (tertiary/aromatic N) is 4. The zero-order chi connectivity index (χ0) is 18.0. The Morgan fingerprint density at radius 3 is 2.68 bits per heavy atom. The summed E-state index contributed by atoms with van der Waals surface area (Å²) in [5, 5.41) is 7.47. The molecule has 1 fully saturated rings. The maximum absolute atomic E-state index is 12.3. The van der Waals surface area contributed by atoms with Gasteiger partial charge in [-0.15, -0.1) is 0 Å². The van der Waals surface area contributed by atoms with Gasteiger partial charge in [0.05, 0.1) is 17.1 Å². The van der Waals surface area contributed by atoms with Crippen LogP contribution in [0.25, 0.3) is 5.69 Å². The number of aryl methyl sites for hydroxylation is 1. The molecule has 1 spiro atoms. The van der Waals surface area contributed by atoms with E-state index in [2.05, 4.69) is 27.3 Å². The molecular formula is C18H23N5O2. The van der Waals surface area contributed by atoms with Crippen molar-refractivity contribution in [3.05, 3.63) is 29.8 Å². The average molecular weight is 341 g/mol. The second kappa shape index (κ2) is 4.97. The Bertz CT molecular complexity index is 861. The van der Waals surface area contributed by atoms with Gasteiger partial charge < -0.3 is 9.64 Å². The van der Waals surface area contributed by atoms with Crippen molar-refractivity contribution < 1.29 is 9.53 Å². The molecule has 0 unspecified atom stereocenters. The molecule has 0 bridgehead atoms. The van der Waals surface area contributed by atoms with Gasteiger partial charge in [-0.05, 0) is 52.7 Å². The molecule has 7 heteroatoms. The highest BCUT2D eigenvalue weighted by atomic mass is 16.6. The summed E-state index contributed by atoms with van der Waals surface area (Å²) < 4.78 is 7.32. The van der Waals surface area contributed by atoms with E-state index in [1.165, 1.54) is 0 Å². The molecule has 2 aliphatic rings. The standard InChI is InChI=1S/C18H23N5O2/c1-11-19-15-18(9-10-18)22(5)14-12(20-16(24)25-17(2,3)4)7-6-8-13(14)23(15)21-11/h6-8H,9-10H2,1-5H3,(H,20,24). The number of benzene rings is 1. The number of carbonyl (C=O) groups is 1. The van der Waals surface area contributed by atoms with Gasteiger partial charge in [-0.1, -0.05) is 6.07 Å². The van der Waals surface area contributed by atoms with Crippen molar-refractivity contribution in [1.82, 2.24) is 14.8 Å². The Morgan fingerprint density at radius 1 is 1.32 bits per heavy atom. The SMILES string of the molecule is Cc1nc2n(n1)-c1cccc(NC(=O)OC(C)(C)C)c1N(C)C21CC1. The van der Waals surface area contributed by atoms with Crippen LogP contribution in [0.15, 0.2) is 18.2 Å². The molecule has 1 saturated carbocycles. The fourth-order valence-electron chi connectivity index (χ4n) is 3.49. The van der Waals surface area contributed by atoms with Gasteiger partial charge in [-0.2, -0.15) is 5.10 Å². The van der Waals surface area contributed by atoms with E-state index in [-0.39, 0.29) is 5.54 Å². The lowest BCUT2D eigenvalue weighted by atomic mass is 10.1. The number of hydrogen-bond acceptors (Lipinski definition) is 5. The van der Waals surface area contributed by atoms with Crippen LogP contribution in [0.5, 0.6) is 0 Å². The lowest BCUT2D eigenvalue weighted by Crippen LogP contribution is -2.39. The molecule has 1 aromatic heterocycles. The van der Waals surface area contributed by atoms with Crippen molar-refractivity contribution in [2.45, 2.75) is 51.7 Å². The second-order valence-electron chi connectivity index (χ2n) is 7.79. The fourth-order valence-corrected chi connectivity index (χ4v) is 3.49. The van der Waals surface area contributed by atoms with Gasteiger partial charge in [0.25, 0.3) is 0 Å². The smallest absolute Gasteiger partial charge is 0.412 e. The van der Waals surface area contributed by atoms with Crippen molar-refractivity contribution >= 4 is 17.5 Å². The van der Waals surface area contributed by atoms with Crippen LogP contribution in [0, 0.1) is 6.92 Å². The van der Waals surface area contributed by atoms with E-state index in [4.69, 9.17) is 4.74 Å². The van der Waals surface area contributed by atoms with Crippen LogP contribution < -0.4 is 10.2 Å². The first-order valence-electron chi connectivity index (χ1n) is 8.53. The summed E-state index contributed by atoms with van der Waals surface area (Å²) in [5.74, 6) is 1.74. The third kappa shape index (κ3) is 2.45. The molecule has 1 N–H and O–H groups in total. The molecule has 0 radical (unpaired) electrons. The molecule has 1 aliphatic carbocycles. The van der Waals surface area contributed by atoms with Crippen molar-refractivity contribution in [2.24, 2.45) is 0 Å². The highest BCUT2D eigenvalue weighted by molar-refractivity contribution is 5.93. The van der Waals surface area contributed by atoms with E-state index in [0.29, 0.717) is 0 Å². The van der Waals surface area contributed by atoms with E-state index >= 15 is 0 Å². The number of ether oxygens (including phenoxy) is 1. The van der Waals surface area contributed by atoms with Crippen LogP contribution in [-0.2, 0) is 10.3 Å². The Hall–Kier alpha value is -2.57. The van der Waals surface area contributed by atoms with Crippen molar-refractivity contribution in [3.8, 4) is 5.69 Å². The number of nitrogens with one attached hydrogen (secondary N) is 1. The van der Waals surface area contributed by atoms with Crippen LogP contribution in [0.4, 0.5) is 16.2 Å². The number of rotatable bonds is 1. The quantitative estimate of drug-likeness (QED) is 0.861. The Balaban J connectivity index is 1.78. The molecule has 0 saturated heterocycles. The highest BCUT2D eigenvalue weighted by Gasteiger charge is 2.55. The monoisotopic (exact) mass is 341 g/mol. The highest BCUT2D eigenvalue weighted by Crippen LogP contribution is 2.56. The third-order valence-corrected chi connectivity index (χ3v) is 4.71. The maximum atomic E-state index is 12.3. The average Bonchev–Trinajstić information content (AvgIpc) is 3.19. The number of aromatic nitrogens is 3. The molecule has 1 amide bonds. The molecule has 4 rings (SSSR count). The van der Waals surface area contributed by atoms with Gasteiger partial charge in [0.15, 0.2) is 5.82 Å². The summed E-state index contributed by atoms with van der Waals surface area (Å²) >= 11 is 0. The summed E-state index contributed by atoms with van der Waals surface area (Å²) in [7, 11) is 2.06. The summed E-state index contributed by atoms with van der Waals surface area (Å²) in [6, 6.07) is 5.80. The largest absolute Gasteiger partial charge is 0.444 e. The normalized spacial score (nSPS) is 17.1. The lowest BCUT2D eigenvalue weighted by molar-refractivity contribution is 0.0636. The van der Waals surface area contributed by atoms with Crippen LogP contribution in [0.1, 0.15) is 45.3 Å². The second-order valence-corrected chi connectivity index (χ2v) is 7.79. The number of amides is 1. The molecule has 132 valence electrons. The Labute approximate surface area is 147 Å². The number of para-hydroxylation sites is 1. The number of carbonyl (C=O) groups excluding carboxylic acids is 1. The van der Waals surface area contributed by atoms with Gasteiger partial charge in [-0.3, -0.25) is 5.32 Å². The predicted octanol–water partition coefficient (Wildman–Crippen LogP) is 3.36. The number of hydrogen-bond donors (Lipinski definition) is 1. The Kier molecular flexibility index (Phi) is 3.17. The van der Waals surface area contributed by atoms with Crippen molar-refractivity contribution in [2.75, 3.05) is 17.3 Å². The predicted molar refractivity (Wildman–Crippen MR) is 95.3 cm³/mol. The van der Waals surface area contributed by atoms with E-state index in [9.17, 15) is 4.79 Å². The minimum Gasteiger partial charge on any atom is -0.444 e. The van der Waals surface area contributed by atoms with Gasteiger partial charge in [0.2, 0.25) is 0 Å². The summed E-state index contributed by atoms with van der Waals surface area (Å²) in [6.07, 6.45) is 1.60. The molecule has 1 aliphatic heterocycles. The van der Waals surface area contributed by atoms with Gasteiger partial charge >= 0.3 is 6.09 Å². The zero-order valence-electron chi connectivity index (χ0n) is 15.3. The van der Waals surface area contributed by atoms with E-state index in [0.717, 1.165) is 41.6 Å². The van der Waals surface area contributed by atoms with Gasteiger partial charge in [0, 0.05) is 7.05 Å². The van der Waals surface area contributed by atoms with Crippen LogP contribution >= 0.6 is 0 Å². The zero-order valence-corrected chi connectivity index (χ0v) is 15.3. The minimum atomic E-state index is -0.543. The first kappa shape index (κ1) is 15.9. The van der Waals surface area contributed by atoms with Crippen molar-refractivity contribution in [3.63, 3.8) is 0 Å². The molecule has 2 heterocycles. The summed E-state index contributed by atoms with van der Waals surface area (Å²) in [4.78, 5) is 19.1. The Morgan fingerprint density at radius 2 is 2.04 bits per heavy atom. The third-order valence-electron chi connectivity index (χ3n) is 4.71. The molecular weight excluding hydrogens is 318 g/mol. The van der Waals surface area contributed by atoms with E-state index < -0.39 is 11.7 Å². The maximum Gasteiger partial charge on any atom is 0.412 e. The van der Waals surface area contributed by atoms with Gasteiger partial charge in [0.1, 0.15) is 17.0 Å². The molecule has 7 nitrogen and oxygen atoms in total. The van der Waals surface area contributed by atoms with Gasteiger partial charge in [-0.25, -0.2) is 14.5 Å². The van der Waals surface area contributed by atoms with Crippen LogP contribution in [-0.4, -0.2) is 33.5 Å². The molecule has 1 aromatic carbocycles. The van der Waals surface area contributed by atoms with Crippen LogP contribution in [0.2, 0.25) is 0 Å². The molecule has 2 aromatic rings. The fraction of sp³-hybridized carbons (Fsp3) is 0.500. The van der Waals surface area contributed by atoms with Crippen molar-refractivity contribution in [1.29, 1.82) is 0 Å². The van der Waals surface area contributed by atoms with E-state index in [1.54, 1.807) is 0 Å².